The zero-order chi connectivity index (χ0) is 11.4. The van der Waals surface area contributed by atoms with E-state index in [4.69, 9.17) is 0 Å². The molecule has 84 valence electrons. The summed E-state index contributed by atoms with van der Waals surface area (Å²) in [5.41, 5.74) is 1.11. The second-order valence-electron chi connectivity index (χ2n) is 4.37. The largest absolute Gasteiger partial charge is 0.305 e. The smallest absolute Gasteiger partial charge is 0.0291 e. The van der Waals surface area contributed by atoms with Gasteiger partial charge >= 0.3 is 0 Å². The first-order valence-corrected chi connectivity index (χ1v) is 5.86. The van der Waals surface area contributed by atoms with E-state index in [1.807, 2.05) is 11.8 Å². The summed E-state index contributed by atoms with van der Waals surface area (Å²) >= 11 is 1.87. The first-order chi connectivity index (χ1) is 6.97. The quantitative estimate of drug-likeness (QED) is 0.723. The van der Waals surface area contributed by atoms with Gasteiger partial charge in [0.1, 0.15) is 0 Å². The lowest BCUT2D eigenvalue weighted by atomic mass is 10.2. The van der Waals surface area contributed by atoms with Crippen LogP contribution < -0.4 is 0 Å². The van der Waals surface area contributed by atoms with Crippen LogP contribution >= 0.6 is 11.8 Å². The van der Waals surface area contributed by atoms with Crippen molar-refractivity contribution in [1.29, 1.82) is 0 Å². The van der Waals surface area contributed by atoms with Gasteiger partial charge in [-0.05, 0) is 45.9 Å². The number of rotatable bonds is 4. The number of thioether (sulfide) groups is 1. The molecule has 0 aromatic heterocycles. The van der Waals surface area contributed by atoms with Gasteiger partial charge in [-0.25, -0.2) is 0 Å². The van der Waals surface area contributed by atoms with Gasteiger partial charge in [-0.1, -0.05) is 18.3 Å². The predicted octanol–water partition coefficient (Wildman–Crippen LogP) is 2.18. The number of hydrogen-bond donors (Lipinski definition) is 0. The first kappa shape index (κ1) is 12.6. The molecule has 0 saturated heterocycles. The maximum Gasteiger partial charge on any atom is 0.0291 e. The summed E-state index contributed by atoms with van der Waals surface area (Å²) < 4.78 is 0. The Hall–Kier alpha value is -0.510. The third kappa shape index (κ3) is 4.69. The summed E-state index contributed by atoms with van der Waals surface area (Å²) in [6.45, 7) is 6.02. The van der Waals surface area contributed by atoms with Crippen LogP contribution in [0.4, 0.5) is 0 Å². The highest BCUT2D eigenvalue weighted by molar-refractivity contribution is 8.06. The molecule has 0 unspecified atom stereocenters. The third-order valence-corrected chi connectivity index (χ3v) is 2.92. The number of allylic oxidation sites excluding steroid dienone is 3. The van der Waals surface area contributed by atoms with Crippen molar-refractivity contribution in [3.63, 3.8) is 0 Å². The van der Waals surface area contributed by atoms with E-state index in [9.17, 15) is 0 Å². The number of likely N-dealkylation sites (N-methyl/N-ethyl adjacent to an activating group) is 2. The fraction of sp³-hybridized carbons (Fsp3) is 0.500. The van der Waals surface area contributed by atoms with Crippen molar-refractivity contribution in [3.05, 3.63) is 34.1 Å². The Balaban J connectivity index is 2.62. The molecular formula is C12H20N2S. The molecule has 0 aliphatic carbocycles. The van der Waals surface area contributed by atoms with Crippen LogP contribution in [0.1, 0.15) is 0 Å². The van der Waals surface area contributed by atoms with E-state index in [-0.39, 0.29) is 0 Å². The normalized spacial score (nSPS) is 17.1. The van der Waals surface area contributed by atoms with E-state index in [1.54, 1.807) is 0 Å². The average molecular weight is 224 g/mol. The van der Waals surface area contributed by atoms with E-state index < -0.39 is 0 Å². The van der Waals surface area contributed by atoms with Crippen LogP contribution in [0.5, 0.6) is 0 Å². The SMILES string of the molecule is C=C1C=C(CN(C)C)SC(CN(C)C)=C1. The lowest BCUT2D eigenvalue weighted by molar-refractivity contribution is 0.450. The van der Waals surface area contributed by atoms with Gasteiger partial charge in [0.25, 0.3) is 0 Å². The minimum absolute atomic E-state index is 0.994. The third-order valence-electron chi connectivity index (χ3n) is 1.90. The Morgan fingerprint density at radius 2 is 1.40 bits per heavy atom. The topological polar surface area (TPSA) is 6.48 Å². The Kier molecular flexibility index (Phi) is 4.64. The van der Waals surface area contributed by atoms with Crippen LogP contribution in [0.25, 0.3) is 0 Å². The zero-order valence-corrected chi connectivity index (χ0v) is 10.9. The van der Waals surface area contributed by atoms with Crippen molar-refractivity contribution in [1.82, 2.24) is 9.80 Å². The van der Waals surface area contributed by atoms with Gasteiger partial charge in [0.05, 0.1) is 0 Å². The molecule has 2 nitrogen and oxygen atoms in total. The van der Waals surface area contributed by atoms with Crippen LogP contribution in [0, 0.1) is 0 Å². The minimum Gasteiger partial charge on any atom is -0.305 e. The van der Waals surface area contributed by atoms with Gasteiger partial charge < -0.3 is 9.80 Å². The molecule has 0 saturated carbocycles. The van der Waals surface area contributed by atoms with Crippen LogP contribution in [0.2, 0.25) is 0 Å². The lowest BCUT2D eigenvalue weighted by Crippen LogP contribution is -2.18. The zero-order valence-electron chi connectivity index (χ0n) is 10.1. The van der Waals surface area contributed by atoms with Crippen molar-refractivity contribution in [2.45, 2.75) is 0 Å². The monoisotopic (exact) mass is 224 g/mol. The molecule has 3 heteroatoms. The molecule has 0 N–H and O–H groups in total. The minimum atomic E-state index is 0.994. The Morgan fingerprint density at radius 1 is 1.00 bits per heavy atom. The van der Waals surface area contributed by atoms with Gasteiger partial charge in [0, 0.05) is 22.9 Å². The van der Waals surface area contributed by atoms with Crippen molar-refractivity contribution in [2.24, 2.45) is 0 Å². The number of nitrogens with zero attached hydrogens (tertiary/aromatic N) is 2. The van der Waals surface area contributed by atoms with E-state index >= 15 is 0 Å². The molecular weight excluding hydrogens is 204 g/mol. The van der Waals surface area contributed by atoms with Crippen LogP contribution in [-0.4, -0.2) is 51.1 Å². The molecule has 0 fully saturated rings. The fourth-order valence-corrected chi connectivity index (χ4v) is 2.86. The molecule has 0 radical (unpaired) electrons. The maximum absolute atomic E-state index is 4.03. The summed E-state index contributed by atoms with van der Waals surface area (Å²) in [5.74, 6) is 0. The molecule has 0 spiro atoms. The van der Waals surface area contributed by atoms with Gasteiger partial charge in [-0.3, -0.25) is 0 Å². The summed E-state index contributed by atoms with van der Waals surface area (Å²) in [6.07, 6.45) is 4.34. The standard InChI is InChI=1S/C12H20N2S/c1-10-6-11(8-13(2)3)15-12(7-10)9-14(4)5/h6-7H,1,8-9H2,2-5H3. The van der Waals surface area contributed by atoms with E-state index in [1.165, 1.54) is 9.81 Å². The highest BCUT2D eigenvalue weighted by atomic mass is 32.2. The fourth-order valence-electron chi connectivity index (χ4n) is 1.46. The predicted molar refractivity (Wildman–Crippen MR) is 70.0 cm³/mol. The molecule has 1 aliphatic rings. The van der Waals surface area contributed by atoms with Crippen molar-refractivity contribution in [2.75, 3.05) is 41.3 Å². The molecule has 1 aliphatic heterocycles. The first-order valence-electron chi connectivity index (χ1n) is 5.04. The second-order valence-corrected chi connectivity index (χ2v) is 5.63. The Morgan fingerprint density at radius 3 is 1.73 bits per heavy atom. The van der Waals surface area contributed by atoms with E-state index in [2.05, 4.69) is 56.7 Å². The molecule has 15 heavy (non-hydrogen) atoms. The molecule has 0 aromatic carbocycles. The Labute approximate surface area is 97.3 Å². The maximum atomic E-state index is 4.03. The highest BCUT2D eigenvalue weighted by Crippen LogP contribution is 2.32. The summed E-state index contributed by atoms with van der Waals surface area (Å²) in [4.78, 5) is 7.13. The van der Waals surface area contributed by atoms with Crippen molar-refractivity contribution < 1.29 is 0 Å². The van der Waals surface area contributed by atoms with Crippen molar-refractivity contribution >= 4 is 11.8 Å². The van der Waals surface area contributed by atoms with Gasteiger partial charge in [-0.2, -0.15) is 0 Å². The average Bonchev–Trinajstić information content (AvgIpc) is 1.98. The van der Waals surface area contributed by atoms with Gasteiger partial charge in [-0.15, -0.1) is 0 Å². The van der Waals surface area contributed by atoms with E-state index in [0.717, 1.165) is 18.7 Å². The van der Waals surface area contributed by atoms with Crippen LogP contribution in [0.15, 0.2) is 34.1 Å². The molecule has 0 amide bonds. The van der Waals surface area contributed by atoms with Gasteiger partial charge in [0.2, 0.25) is 0 Å². The molecule has 0 atom stereocenters. The second kappa shape index (κ2) is 5.54. The van der Waals surface area contributed by atoms with Crippen molar-refractivity contribution in [3.8, 4) is 0 Å². The lowest BCUT2D eigenvalue weighted by Gasteiger charge is -2.20. The number of hydrogen-bond acceptors (Lipinski definition) is 3. The van der Waals surface area contributed by atoms with Crippen LogP contribution in [-0.2, 0) is 0 Å². The Bertz CT molecular complexity index is 273. The molecule has 1 heterocycles. The summed E-state index contributed by atoms with van der Waals surface area (Å²) in [7, 11) is 8.37. The van der Waals surface area contributed by atoms with Gasteiger partial charge in [0.15, 0.2) is 0 Å². The molecule has 1 rings (SSSR count). The summed E-state index contributed by atoms with van der Waals surface area (Å²) in [5, 5.41) is 0. The summed E-state index contributed by atoms with van der Waals surface area (Å²) in [6, 6.07) is 0. The molecule has 0 aromatic rings. The van der Waals surface area contributed by atoms with E-state index in [0.29, 0.717) is 0 Å². The molecule has 0 bridgehead atoms. The highest BCUT2D eigenvalue weighted by Gasteiger charge is 2.11. The van der Waals surface area contributed by atoms with Crippen LogP contribution in [0.3, 0.4) is 0 Å².